The van der Waals surface area contributed by atoms with Crippen molar-refractivity contribution in [2.24, 2.45) is 0 Å². The second-order valence-electron chi connectivity index (χ2n) is 6.43. The van der Waals surface area contributed by atoms with Crippen molar-refractivity contribution in [3.63, 3.8) is 0 Å². The van der Waals surface area contributed by atoms with E-state index >= 15 is 0 Å². The largest absolute Gasteiger partial charge is 0.365 e. The Kier molecular flexibility index (Phi) is 4.74. The molecule has 24 heavy (non-hydrogen) atoms. The van der Waals surface area contributed by atoms with Gasteiger partial charge in [-0.1, -0.05) is 35.9 Å². The van der Waals surface area contributed by atoms with Crippen molar-refractivity contribution in [3.8, 4) is 0 Å². The van der Waals surface area contributed by atoms with Crippen LogP contribution in [0.15, 0.2) is 48.5 Å². The summed E-state index contributed by atoms with van der Waals surface area (Å²) in [5, 5.41) is 3.03. The molecule has 0 radical (unpaired) electrons. The number of hydrogen-bond donors (Lipinski definition) is 1. The molecule has 2 aromatic carbocycles. The zero-order valence-corrected chi connectivity index (χ0v) is 14.6. The number of benzene rings is 2. The summed E-state index contributed by atoms with van der Waals surface area (Å²) in [7, 11) is 0. The van der Waals surface area contributed by atoms with Crippen LogP contribution in [-0.4, -0.2) is 36.6 Å². The van der Waals surface area contributed by atoms with Gasteiger partial charge in [0.05, 0.1) is 6.04 Å². The fraction of sp³-hybridized carbons (Fsp3) is 0.350. The highest BCUT2D eigenvalue weighted by atomic mass is 16.2. The molecule has 1 fully saturated rings. The summed E-state index contributed by atoms with van der Waals surface area (Å²) < 4.78 is 0. The number of anilines is 2. The van der Waals surface area contributed by atoms with E-state index in [9.17, 15) is 4.79 Å². The average Bonchev–Trinajstić information content (AvgIpc) is 2.53. The summed E-state index contributed by atoms with van der Waals surface area (Å²) >= 11 is 0. The summed E-state index contributed by atoms with van der Waals surface area (Å²) in [6.45, 7) is 8.71. The lowest BCUT2D eigenvalue weighted by atomic mass is 10.1. The third-order valence-corrected chi connectivity index (χ3v) is 4.64. The van der Waals surface area contributed by atoms with Crippen molar-refractivity contribution in [3.05, 3.63) is 59.7 Å². The summed E-state index contributed by atoms with van der Waals surface area (Å²) in [5.74, 6) is 0. The number of aryl methyl sites for hydroxylation is 2. The van der Waals surface area contributed by atoms with Gasteiger partial charge in [-0.15, -0.1) is 0 Å². The van der Waals surface area contributed by atoms with E-state index in [-0.39, 0.29) is 6.03 Å². The van der Waals surface area contributed by atoms with Crippen molar-refractivity contribution in [1.29, 1.82) is 0 Å². The molecule has 1 heterocycles. The minimum atomic E-state index is -0.0117. The molecule has 4 nitrogen and oxygen atoms in total. The van der Waals surface area contributed by atoms with Crippen LogP contribution in [0, 0.1) is 13.8 Å². The van der Waals surface area contributed by atoms with Crippen LogP contribution in [0.25, 0.3) is 0 Å². The van der Waals surface area contributed by atoms with Gasteiger partial charge in [0.25, 0.3) is 0 Å². The topological polar surface area (TPSA) is 35.6 Å². The van der Waals surface area contributed by atoms with Crippen molar-refractivity contribution >= 4 is 17.4 Å². The normalized spacial score (nSPS) is 14.2. The zero-order chi connectivity index (χ0) is 17.1. The molecule has 0 spiro atoms. The Morgan fingerprint density at radius 2 is 1.88 bits per heavy atom. The summed E-state index contributed by atoms with van der Waals surface area (Å²) in [5.41, 5.74) is 4.42. The lowest BCUT2D eigenvalue weighted by Gasteiger charge is -2.46. The monoisotopic (exact) mass is 323 g/mol. The van der Waals surface area contributed by atoms with Gasteiger partial charge in [-0.2, -0.15) is 0 Å². The number of nitrogens with one attached hydrogen (secondary N) is 1. The molecule has 126 valence electrons. The highest BCUT2D eigenvalue weighted by Gasteiger charge is 2.34. The lowest BCUT2D eigenvalue weighted by molar-refractivity contribution is 0.161. The number of carbonyl (C=O) groups excluding carboxylic acids is 1. The number of likely N-dealkylation sites (tertiary alicyclic amines) is 1. The van der Waals surface area contributed by atoms with Crippen LogP contribution in [0.1, 0.15) is 18.1 Å². The van der Waals surface area contributed by atoms with Crippen LogP contribution >= 0.6 is 0 Å². The van der Waals surface area contributed by atoms with Gasteiger partial charge in [-0.25, -0.2) is 4.79 Å². The van der Waals surface area contributed by atoms with Crippen molar-refractivity contribution < 1.29 is 4.79 Å². The zero-order valence-electron chi connectivity index (χ0n) is 14.6. The second kappa shape index (κ2) is 6.95. The van der Waals surface area contributed by atoms with Gasteiger partial charge in [0.15, 0.2) is 0 Å². The molecular formula is C20H25N3O. The van der Waals surface area contributed by atoms with E-state index in [1.807, 2.05) is 30.0 Å². The minimum absolute atomic E-state index is 0.0117. The van der Waals surface area contributed by atoms with E-state index in [1.165, 1.54) is 11.3 Å². The molecule has 1 aliphatic rings. The molecule has 3 rings (SSSR count). The summed E-state index contributed by atoms with van der Waals surface area (Å²) in [6.07, 6.45) is 0. The summed E-state index contributed by atoms with van der Waals surface area (Å²) in [4.78, 5) is 16.7. The molecule has 1 saturated heterocycles. The first-order chi connectivity index (χ1) is 11.6. The molecule has 1 aliphatic heterocycles. The predicted octanol–water partition coefficient (Wildman–Crippen LogP) is 4.05. The SMILES string of the molecule is CCN(c1ccccc1)C1CN(C(=O)Nc2ccc(C)cc2C)C1. The standard InChI is InChI=1S/C20H25N3O/c1-4-23(17-8-6-5-7-9-17)18-13-22(14-18)20(24)21-19-11-10-15(2)12-16(19)3/h5-12,18H,4,13-14H2,1-3H3,(H,21,24). The van der Waals surface area contributed by atoms with Gasteiger partial charge in [0, 0.05) is 31.0 Å². The molecule has 2 amide bonds. The number of likely N-dealkylation sites (N-methyl/N-ethyl adjacent to an activating group) is 1. The first-order valence-electron chi connectivity index (χ1n) is 8.53. The van der Waals surface area contributed by atoms with Gasteiger partial charge in [0.2, 0.25) is 0 Å². The van der Waals surface area contributed by atoms with Crippen molar-refractivity contribution in [2.75, 3.05) is 29.9 Å². The molecule has 0 aliphatic carbocycles. The number of carbonyl (C=O) groups is 1. The molecule has 0 bridgehead atoms. The highest BCUT2D eigenvalue weighted by Crippen LogP contribution is 2.24. The van der Waals surface area contributed by atoms with Gasteiger partial charge < -0.3 is 15.1 Å². The van der Waals surface area contributed by atoms with Gasteiger partial charge in [0.1, 0.15) is 0 Å². The van der Waals surface area contributed by atoms with E-state index in [0.29, 0.717) is 6.04 Å². The molecule has 0 atom stereocenters. The van der Waals surface area contributed by atoms with E-state index < -0.39 is 0 Å². The molecule has 0 aromatic heterocycles. The fourth-order valence-corrected chi connectivity index (χ4v) is 3.24. The molecule has 4 heteroatoms. The maximum atomic E-state index is 12.4. The Hall–Kier alpha value is -2.49. The van der Waals surface area contributed by atoms with E-state index in [0.717, 1.165) is 30.9 Å². The maximum Gasteiger partial charge on any atom is 0.321 e. The molecule has 0 unspecified atom stereocenters. The summed E-state index contributed by atoms with van der Waals surface area (Å²) in [6, 6.07) is 16.9. The molecular weight excluding hydrogens is 298 g/mol. The first kappa shape index (κ1) is 16.4. The number of urea groups is 1. The number of amides is 2. The predicted molar refractivity (Wildman–Crippen MR) is 99.8 cm³/mol. The Balaban J connectivity index is 1.58. The van der Waals surface area contributed by atoms with Crippen LogP contribution in [0.2, 0.25) is 0 Å². The Morgan fingerprint density at radius 1 is 1.17 bits per heavy atom. The van der Waals surface area contributed by atoms with Crippen LogP contribution in [0.3, 0.4) is 0 Å². The maximum absolute atomic E-state index is 12.4. The fourth-order valence-electron chi connectivity index (χ4n) is 3.24. The molecule has 2 aromatic rings. The average molecular weight is 323 g/mol. The third-order valence-electron chi connectivity index (χ3n) is 4.64. The van der Waals surface area contributed by atoms with E-state index in [1.54, 1.807) is 0 Å². The smallest absolute Gasteiger partial charge is 0.321 e. The quantitative estimate of drug-likeness (QED) is 0.921. The number of rotatable bonds is 4. The van der Waals surface area contributed by atoms with E-state index in [2.05, 4.69) is 54.4 Å². The first-order valence-corrected chi connectivity index (χ1v) is 8.53. The van der Waals surface area contributed by atoms with Crippen LogP contribution in [0.5, 0.6) is 0 Å². The Bertz CT molecular complexity index is 708. The minimum Gasteiger partial charge on any atom is -0.365 e. The van der Waals surface area contributed by atoms with Crippen molar-refractivity contribution in [1.82, 2.24) is 4.90 Å². The van der Waals surface area contributed by atoms with Gasteiger partial charge in [-0.3, -0.25) is 0 Å². The molecule has 1 N–H and O–H groups in total. The Morgan fingerprint density at radius 3 is 2.50 bits per heavy atom. The van der Waals surface area contributed by atoms with Crippen LogP contribution < -0.4 is 10.2 Å². The number of hydrogen-bond acceptors (Lipinski definition) is 2. The van der Waals surface area contributed by atoms with Crippen LogP contribution in [0.4, 0.5) is 16.2 Å². The number of nitrogens with zero attached hydrogens (tertiary/aromatic N) is 2. The number of para-hydroxylation sites is 1. The molecule has 0 saturated carbocycles. The van der Waals surface area contributed by atoms with Crippen molar-refractivity contribution in [2.45, 2.75) is 26.8 Å². The highest BCUT2D eigenvalue weighted by molar-refractivity contribution is 5.91. The van der Waals surface area contributed by atoms with Gasteiger partial charge >= 0.3 is 6.03 Å². The van der Waals surface area contributed by atoms with Crippen LogP contribution in [-0.2, 0) is 0 Å². The van der Waals surface area contributed by atoms with Gasteiger partial charge in [-0.05, 0) is 44.5 Å². The Labute approximate surface area is 144 Å². The second-order valence-corrected chi connectivity index (χ2v) is 6.43. The third kappa shape index (κ3) is 3.37. The lowest BCUT2D eigenvalue weighted by Crippen LogP contribution is -2.62. The van der Waals surface area contributed by atoms with E-state index in [4.69, 9.17) is 0 Å².